The Kier molecular flexibility index (Phi) is 5.09. The van der Waals surface area contributed by atoms with Crippen LogP contribution in [-0.4, -0.2) is 17.6 Å². The molecule has 4 heteroatoms. The molecule has 0 saturated carbocycles. The molecule has 0 aliphatic carbocycles. The van der Waals surface area contributed by atoms with E-state index in [-0.39, 0.29) is 5.69 Å². The van der Waals surface area contributed by atoms with Crippen LogP contribution in [0.2, 0.25) is 0 Å². The van der Waals surface area contributed by atoms with E-state index in [4.69, 9.17) is 4.74 Å². The van der Waals surface area contributed by atoms with E-state index in [1.54, 1.807) is 13.0 Å². The van der Waals surface area contributed by atoms with Crippen LogP contribution in [0.5, 0.6) is 0 Å². The molecular formula is C21H20N2O2. The molecule has 0 aliphatic heterocycles. The number of nitrogens with one attached hydrogen (secondary N) is 1. The third-order valence-electron chi connectivity index (χ3n) is 3.78. The molecule has 1 N–H and O–H groups in total. The Balaban J connectivity index is 2.02. The van der Waals surface area contributed by atoms with Crippen molar-refractivity contribution < 1.29 is 9.53 Å². The van der Waals surface area contributed by atoms with E-state index in [0.29, 0.717) is 12.4 Å². The molecule has 3 rings (SSSR count). The van der Waals surface area contributed by atoms with Crippen LogP contribution in [0.3, 0.4) is 0 Å². The van der Waals surface area contributed by atoms with E-state index in [2.05, 4.69) is 10.3 Å². The highest BCUT2D eigenvalue weighted by molar-refractivity contribution is 5.90. The van der Waals surface area contributed by atoms with Crippen molar-refractivity contribution in [2.24, 2.45) is 0 Å². The van der Waals surface area contributed by atoms with Gasteiger partial charge in [0.05, 0.1) is 6.61 Å². The summed E-state index contributed by atoms with van der Waals surface area (Å²) in [6.07, 6.45) is 0. The molecule has 0 fully saturated rings. The molecule has 3 aromatic rings. The minimum atomic E-state index is -0.422. The Morgan fingerprint density at radius 1 is 1.00 bits per heavy atom. The molecule has 1 aromatic heterocycles. The third-order valence-corrected chi connectivity index (χ3v) is 3.78. The minimum Gasteiger partial charge on any atom is -0.461 e. The van der Waals surface area contributed by atoms with Gasteiger partial charge >= 0.3 is 5.97 Å². The SMILES string of the molecule is CCOC(=O)c1ccc(-c2ccccc2)c(Nc2ccc(C)cc2)n1. The van der Waals surface area contributed by atoms with Gasteiger partial charge in [-0.05, 0) is 43.7 Å². The number of hydrogen-bond donors (Lipinski definition) is 1. The van der Waals surface area contributed by atoms with E-state index in [1.165, 1.54) is 5.56 Å². The molecular weight excluding hydrogens is 312 g/mol. The molecule has 0 aliphatic rings. The van der Waals surface area contributed by atoms with Gasteiger partial charge in [0.15, 0.2) is 5.69 Å². The van der Waals surface area contributed by atoms with Crippen molar-refractivity contribution in [2.45, 2.75) is 13.8 Å². The van der Waals surface area contributed by atoms with Crippen molar-refractivity contribution in [1.82, 2.24) is 4.98 Å². The Labute approximate surface area is 147 Å². The van der Waals surface area contributed by atoms with Gasteiger partial charge in [-0.3, -0.25) is 0 Å². The van der Waals surface area contributed by atoms with E-state index in [1.807, 2.05) is 67.6 Å². The molecule has 25 heavy (non-hydrogen) atoms. The first-order valence-corrected chi connectivity index (χ1v) is 8.24. The summed E-state index contributed by atoms with van der Waals surface area (Å²) in [4.78, 5) is 16.5. The molecule has 2 aromatic carbocycles. The number of aromatic nitrogens is 1. The fraction of sp³-hybridized carbons (Fsp3) is 0.143. The van der Waals surface area contributed by atoms with E-state index < -0.39 is 5.97 Å². The molecule has 0 bridgehead atoms. The quantitative estimate of drug-likeness (QED) is 0.670. The highest BCUT2D eigenvalue weighted by Gasteiger charge is 2.14. The van der Waals surface area contributed by atoms with Crippen molar-refractivity contribution in [3.05, 3.63) is 78.0 Å². The summed E-state index contributed by atoms with van der Waals surface area (Å²) in [7, 11) is 0. The van der Waals surface area contributed by atoms with E-state index >= 15 is 0 Å². The van der Waals surface area contributed by atoms with Crippen LogP contribution in [0.1, 0.15) is 23.0 Å². The molecule has 0 amide bonds. The van der Waals surface area contributed by atoms with Crippen LogP contribution in [0.15, 0.2) is 66.7 Å². The van der Waals surface area contributed by atoms with Crippen molar-refractivity contribution in [3.63, 3.8) is 0 Å². The Bertz CT molecular complexity index is 859. The second-order valence-electron chi connectivity index (χ2n) is 5.67. The highest BCUT2D eigenvalue weighted by Crippen LogP contribution is 2.29. The molecule has 0 spiro atoms. The molecule has 0 atom stereocenters. The fourth-order valence-corrected chi connectivity index (χ4v) is 2.50. The second kappa shape index (κ2) is 7.62. The number of rotatable bonds is 5. The predicted molar refractivity (Wildman–Crippen MR) is 100 cm³/mol. The number of pyridine rings is 1. The summed E-state index contributed by atoms with van der Waals surface area (Å²) in [5.41, 5.74) is 4.34. The Morgan fingerprint density at radius 2 is 1.72 bits per heavy atom. The maximum absolute atomic E-state index is 12.0. The number of nitrogens with zero attached hydrogens (tertiary/aromatic N) is 1. The summed E-state index contributed by atoms with van der Waals surface area (Å²) >= 11 is 0. The summed E-state index contributed by atoms with van der Waals surface area (Å²) in [5, 5.41) is 3.32. The maximum atomic E-state index is 12.0. The van der Waals surface area contributed by atoms with Gasteiger partial charge in [0.2, 0.25) is 0 Å². The third kappa shape index (κ3) is 4.04. The largest absolute Gasteiger partial charge is 0.461 e. The predicted octanol–water partition coefficient (Wildman–Crippen LogP) is 4.98. The first kappa shape index (κ1) is 16.7. The number of benzene rings is 2. The van der Waals surface area contributed by atoms with Gasteiger partial charge in [-0.2, -0.15) is 0 Å². The van der Waals surface area contributed by atoms with E-state index in [0.717, 1.165) is 16.8 Å². The number of carbonyl (C=O) groups is 1. The second-order valence-corrected chi connectivity index (χ2v) is 5.67. The van der Waals surface area contributed by atoms with Gasteiger partial charge in [0, 0.05) is 11.3 Å². The number of carbonyl (C=O) groups excluding carboxylic acids is 1. The standard InChI is InChI=1S/C21H20N2O2/c1-3-25-21(24)19-14-13-18(16-7-5-4-6-8-16)20(23-19)22-17-11-9-15(2)10-12-17/h4-14H,3H2,1-2H3,(H,22,23). The number of ether oxygens (including phenoxy) is 1. The zero-order valence-electron chi connectivity index (χ0n) is 14.3. The summed E-state index contributed by atoms with van der Waals surface area (Å²) in [5.74, 6) is 0.203. The van der Waals surface area contributed by atoms with Gasteiger partial charge in [0.25, 0.3) is 0 Å². The van der Waals surface area contributed by atoms with Gasteiger partial charge in [-0.25, -0.2) is 9.78 Å². The smallest absolute Gasteiger partial charge is 0.356 e. The Morgan fingerprint density at radius 3 is 2.40 bits per heavy atom. The average Bonchev–Trinajstić information content (AvgIpc) is 2.64. The Hall–Kier alpha value is -3.14. The number of esters is 1. The number of anilines is 2. The first-order valence-electron chi connectivity index (χ1n) is 8.24. The van der Waals surface area contributed by atoms with Crippen molar-refractivity contribution >= 4 is 17.5 Å². The topological polar surface area (TPSA) is 51.2 Å². The summed E-state index contributed by atoms with van der Waals surface area (Å²) in [6.45, 7) is 4.14. The molecule has 4 nitrogen and oxygen atoms in total. The van der Waals surface area contributed by atoms with Gasteiger partial charge in [0.1, 0.15) is 5.82 Å². The molecule has 0 saturated heterocycles. The van der Waals surface area contributed by atoms with Crippen LogP contribution in [0, 0.1) is 6.92 Å². The first-order chi connectivity index (χ1) is 12.2. The summed E-state index contributed by atoms with van der Waals surface area (Å²) in [6, 6.07) is 21.6. The maximum Gasteiger partial charge on any atom is 0.356 e. The lowest BCUT2D eigenvalue weighted by atomic mass is 10.1. The van der Waals surface area contributed by atoms with Crippen LogP contribution in [-0.2, 0) is 4.74 Å². The highest BCUT2D eigenvalue weighted by atomic mass is 16.5. The van der Waals surface area contributed by atoms with Crippen LogP contribution in [0.4, 0.5) is 11.5 Å². The van der Waals surface area contributed by atoms with Crippen LogP contribution >= 0.6 is 0 Å². The monoisotopic (exact) mass is 332 g/mol. The van der Waals surface area contributed by atoms with Crippen LogP contribution in [0.25, 0.3) is 11.1 Å². The lowest BCUT2D eigenvalue weighted by Gasteiger charge is -2.13. The normalized spacial score (nSPS) is 10.3. The van der Waals surface area contributed by atoms with Crippen LogP contribution < -0.4 is 5.32 Å². The lowest BCUT2D eigenvalue weighted by Crippen LogP contribution is -2.09. The van der Waals surface area contributed by atoms with Gasteiger partial charge < -0.3 is 10.1 Å². The molecule has 0 radical (unpaired) electrons. The summed E-state index contributed by atoms with van der Waals surface area (Å²) < 4.78 is 5.07. The molecule has 0 unspecified atom stereocenters. The zero-order valence-corrected chi connectivity index (χ0v) is 14.3. The number of aryl methyl sites for hydroxylation is 1. The fourth-order valence-electron chi connectivity index (χ4n) is 2.50. The van der Waals surface area contributed by atoms with E-state index in [9.17, 15) is 4.79 Å². The van der Waals surface area contributed by atoms with Gasteiger partial charge in [-0.1, -0.05) is 48.0 Å². The van der Waals surface area contributed by atoms with Crippen molar-refractivity contribution in [1.29, 1.82) is 0 Å². The van der Waals surface area contributed by atoms with Gasteiger partial charge in [-0.15, -0.1) is 0 Å². The van der Waals surface area contributed by atoms with Crippen molar-refractivity contribution in [3.8, 4) is 11.1 Å². The minimum absolute atomic E-state index is 0.288. The zero-order chi connectivity index (χ0) is 17.6. The average molecular weight is 332 g/mol. The molecule has 126 valence electrons. The lowest BCUT2D eigenvalue weighted by molar-refractivity contribution is 0.0519. The molecule has 1 heterocycles. The number of hydrogen-bond acceptors (Lipinski definition) is 4. The van der Waals surface area contributed by atoms with Crippen molar-refractivity contribution in [2.75, 3.05) is 11.9 Å².